The molecule has 0 saturated carbocycles. The summed E-state index contributed by atoms with van der Waals surface area (Å²) in [5, 5.41) is 19.6. The lowest BCUT2D eigenvalue weighted by Crippen LogP contribution is -2.28. The van der Waals surface area contributed by atoms with Crippen LogP contribution in [0.4, 0.5) is 5.69 Å². The first-order chi connectivity index (χ1) is 14.0. The first-order valence-electron chi connectivity index (χ1n) is 9.56. The van der Waals surface area contributed by atoms with E-state index in [1.54, 1.807) is 32.0 Å². The molecule has 0 bridgehead atoms. The van der Waals surface area contributed by atoms with Gasteiger partial charge >= 0.3 is 5.97 Å². The molecule has 0 aromatic heterocycles. The van der Waals surface area contributed by atoms with Gasteiger partial charge in [0.2, 0.25) is 0 Å². The number of nitrogens with two attached hydrogens (primary N) is 1. The summed E-state index contributed by atoms with van der Waals surface area (Å²) >= 11 is 0. The second-order valence-electron chi connectivity index (χ2n) is 7.91. The van der Waals surface area contributed by atoms with Crippen molar-refractivity contribution in [2.45, 2.75) is 34.1 Å². The number of aryl methyl sites for hydroxylation is 2. The quantitative estimate of drug-likeness (QED) is 0.242. The first kappa shape index (κ1) is 22.7. The molecule has 0 saturated heterocycles. The van der Waals surface area contributed by atoms with Crippen LogP contribution in [0.3, 0.4) is 0 Å². The molecule has 0 radical (unpaired) electrons. The summed E-state index contributed by atoms with van der Waals surface area (Å²) in [6.45, 7) is 7.47. The summed E-state index contributed by atoms with van der Waals surface area (Å²) in [6, 6.07) is 10.9. The van der Waals surface area contributed by atoms with E-state index in [1.165, 1.54) is 0 Å². The maximum absolute atomic E-state index is 12.8. The number of carbonyl (C=O) groups is 2. The van der Waals surface area contributed by atoms with Gasteiger partial charge in [-0.15, -0.1) is 0 Å². The van der Waals surface area contributed by atoms with E-state index in [4.69, 9.17) is 16.2 Å². The Bertz CT molecular complexity index is 1040. The Morgan fingerprint density at radius 3 is 2.33 bits per heavy atom. The molecule has 6 nitrogen and oxygen atoms in total. The topological polar surface area (TPSA) is 116 Å². The molecule has 0 aliphatic carbocycles. The minimum Gasteiger partial charge on any atom is -0.481 e. The van der Waals surface area contributed by atoms with Crippen LogP contribution < -0.4 is 11.1 Å². The highest BCUT2D eigenvalue weighted by Crippen LogP contribution is 2.29. The van der Waals surface area contributed by atoms with Crippen LogP contribution in [0.1, 0.15) is 52.9 Å². The van der Waals surface area contributed by atoms with Crippen LogP contribution in [0.25, 0.3) is 0 Å². The number of ketones is 1. The van der Waals surface area contributed by atoms with Crippen molar-refractivity contribution >= 4 is 23.3 Å². The van der Waals surface area contributed by atoms with Gasteiger partial charge in [0.05, 0.1) is 13.0 Å². The third kappa shape index (κ3) is 5.71. The van der Waals surface area contributed by atoms with Crippen molar-refractivity contribution in [2.24, 2.45) is 11.1 Å². The van der Waals surface area contributed by atoms with E-state index >= 15 is 0 Å². The van der Waals surface area contributed by atoms with Crippen LogP contribution in [0.5, 0.6) is 0 Å². The van der Waals surface area contributed by atoms with Crippen molar-refractivity contribution in [3.8, 4) is 11.8 Å². The van der Waals surface area contributed by atoms with Crippen LogP contribution >= 0.6 is 0 Å². The van der Waals surface area contributed by atoms with Gasteiger partial charge in [0.15, 0.2) is 5.78 Å². The Balaban J connectivity index is 2.12. The summed E-state index contributed by atoms with van der Waals surface area (Å²) < 4.78 is 0. The zero-order chi connectivity index (χ0) is 22.5. The number of nitrogen functional groups attached to an aromatic ring is 1. The third-order valence-electron chi connectivity index (χ3n) is 4.82. The molecular formula is C24H27N3O3. The average Bonchev–Trinajstić information content (AvgIpc) is 2.66. The van der Waals surface area contributed by atoms with Gasteiger partial charge in [-0.05, 0) is 61.4 Å². The molecule has 156 valence electrons. The van der Waals surface area contributed by atoms with E-state index in [0.29, 0.717) is 17.7 Å². The predicted octanol–water partition coefficient (Wildman–Crippen LogP) is 3.73. The Hall–Kier alpha value is -3.59. The number of carboxylic acid groups (broad SMARTS) is 1. The van der Waals surface area contributed by atoms with Crippen LogP contribution in [0.15, 0.2) is 36.4 Å². The molecule has 0 aliphatic heterocycles. The molecule has 0 aliphatic rings. The van der Waals surface area contributed by atoms with Gasteiger partial charge in [0.25, 0.3) is 0 Å². The van der Waals surface area contributed by atoms with Gasteiger partial charge < -0.3 is 16.2 Å². The zero-order valence-corrected chi connectivity index (χ0v) is 17.7. The van der Waals surface area contributed by atoms with Gasteiger partial charge in [-0.3, -0.25) is 15.0 Å². The van der Waals surface area contributed by atoms with E-state index < -0.39 is 11.4 Å². The van der Waals surface area contributed by atoms with Crippen molar-refractivity contribution < 1.29 is 14.7 Å². The summed E-state index contributed by atoms with van der Waals surface area (Å²) in [7, 11) is 0. The van der Waals surface area contributed by atoms with Crippen molar-refractivity contribution in [3.05, 3.63) is 64.2 Å². The predicted molar refractivity (Wildman–Crippen MR) is 119 cm³/mol. The normalized spacial score (nSPS) is 10.7. The highest BCUT2D eigenvalue weighted by atomic mass is 16.4. The van der Waals surface area contributed by atoms with Crippen LogP contribution in [-0.2, 0) is 4.79 Å². The van der Waals surface area contributed by atoms with Gasteiger partial charge in [0.1, 0.15) is 5.84 Å². The number of anilines is 1. The Morgan fingerprint density at radius 2 is 1.77 bits per heavy atom. The number of amidine groups is 1. The smallest absolute Gasteiger partial charge is 0.304 e. The molecular weight excluding hydrogens is 378 g/mol. The van der Waals surface area contributed by atoms with Gasteiger partial charge in [-0.2, -0.15) is 0 Å². The molecule has 0 heterocycles. The standard InChI is InChI=1S/C24H27N3O3/c1-15-13-20(22(30)24(3,4)14-21(28)29)16(2)12-18(15)6-5-11-27-19-9-7-17(8-10-19)23(25)26/h7-10,12-13,27H,11,14H2,1-4H3,(H3,25,26)(H,28,29). The number of carbonyl (C=O) groups excluding carboxylic acids is 1. The van der Waals surface area contributed by atoms with E-state index in [2.05, 4.69) is 17.2 Å². The Morgan fingerprint density at radius 1 is 1.13 bits per heavy atom. The number of Topliss-reactive ketones (excluding diaryl/α,β-unsaturated/α-hetero) is 1. The zero-order valence-electron chi connectivity index (χ0n) is 17.7. The lowest BCUT2D eigenvalue weighted by Gasteiger charge is -2.22. The number of benzene rings is 2. The molecule has 0 unspecified atom stereocenters. The van der Waals surface area contributed by atoms with Crippen LogP contribution in [0, 0.1) is 36.5 Å². The fraction of sp³-hybridized carbons (Fsp3) is 0.292. The molecule has 6 heteroatoms. The van der Waals surface area contributed by atoms with E-state index in [0.717, 1.165) is 22.4 Å². The number of carboxylic acids is 1. The molecule has 30 heavy (non-hydrogen) atoms. The fourth-order valence-corrected chi connectivity index (χ4v) is 3.07. The van der Waals surface area contributed by atoms with Gasteiger partial charge in [0, 0.05) is 27.8 Å². The SMILES string of the molecule is Cc1cc(C(=O)C(C)(C)CC(=O)O)c(C)cc1C#CCNc1ccc(C(=N)N)cc1. The van der Waals surface area contributed by atoms with Crippen molar-refractivity contribution in [1.29, 1.82) is 5.41 Å². The molecule has 0 atom stereocenters. The molecule has 2 aromatic carbocycles. The number of hydrogen-bond acceptors (Lipinski definition) is 4. The lowest BCUT2D eigenvalue weighted by atomic mass is 9.79. The monoisotopic (exact) mass is 405 g/mol. The van der Waals surface area contributed by atoms with Crippen molar-refractivity contribution in [1.82, 2.24) is 0 Å². The van der Waals surface area contributed by atoms with Gasteiger partial charge in [-0.25, -0.2) is 0 Å². The summed E-state index contributed by atoms with van der Waals surface area (Å²) in [4.78, 5) is 23.9. The van der Waals surface area contributed by atoms with Crippen molar-refractivity contribution in [3.63, 3.8) is 0 Å². The number of aliphatic carboxylic acids is 1. The van der Waals surface area contributed by atoms with Crippen molar-refractivity contribution in [2.75, 3.05) is 11.9 Å². The van der Waals surface area contributed by atoms with Crippen LogP contribution in [0.2, 0.25) is 0 Å². The fourth-order valence-electron chi connectivity index (χ4n) is 3.07. The first-order valence-corrected chi connectivity index (χ1v) is 9.56. The minimum atomic E-state index is -0.992. The number of hydrogen-bond donors (Lipinski definition) is 4. The Labute approximate surface area is 177 Å². The largest absolute Gasteiger partial charge is 0.481 e. The molecule has 0 fully saturated rings. The Kier molecular flexibility index (Phi) is 7.01. The maximum atomic E-state index is 12.8. The molecule has 2 aromatic rings. The highest BCUT2D eigenvalue weighted by Gasteiger charge is 2.32. The maximum Gasteiger partial charge on any atom is 0.304 e. The second kappa shape index (κ2) is 9.27. The lowest BCUT2D eigenvalue weighted by molar-refractivity contribution is -0.138. The minimum absolute atomic E-state index is 0.0282. The van der Waals surface area contributed by atoms with E-state index in [9.17, 15) is 9.59 Å². The second-order valence-corrected chi connectivity index (χ2v) is 7.91. The third-order valence-corrected chi connectivity index (χ3v) is 4.82. The van der Waals surface area contributed by atoms with E-state index in [-0.39, 0.29) is 18.0 Å². The average molecular weight is 405 g/mol. The summed E-state index contributed by atoms with van der Waals surface area (Å²) in [6.07, 6.45) is -0.217. The number of nitrogens with one attached hydrogen (secondary N) is 2. The summed E-state index contributed by atoms with van der Waals surface area (Å²) in [5.41, 5.74) is 9.02. The molecule has 0 amide bonds. The molecule has 0 spiro atoms. The molecule has 5 N–H and O–H groups in total. The van der Waals surface area contributed by atoms with Gasteiger partial charge in [-0.1, -0.05) is 25.7 Å². The summed E-state index contributed by atoms with van der Waals surface area (Å²) in [5.74, 6) is 5.04. The number of rotatable bonds is 7. The molecule has 2 rings (SSSR count). The van der Waals surface area contributed by atoms with Crippen LogP contribution in [-0.4, -0.2) is 29.2 Å². The highest BCUT2D eigenvalue weighted by molar-refractivity contribution is 6.03. The van der Waals surface area contributed by atoms with E-state index in [1.807, 2.05) is 32.0 Å².